The number of piperazine rings is 1. The predicted octanol–water partition coefficient (Wildman–Crippen LogP) is 2.56. The first-order valence-corrected chi connectivity index (χ1v) is 9.06. The fraction of sp³-hybridized carbons (Fsp3) is 0.333. The zero-order valence-corrected chi connectivity index (χ0v) is 14.6. The molecule has 1 N–H and O–H groups in total. The molecule has 2 heterocycles. The van der Waals surface area contributed by atoms with Crippen LogP contribution >= 0.6 is 11.8 Å². The SMILES string of the molecule is CN1CCN(c2ccc(NC(=O)CSc3ccccc3)cn2)CC1. The lowest BCUT2D eigenvalue weighted by atomic mass is 10.3. The van der Waals surface area contributed by atoms with Gasteiger partial charge >= 0.3 is 0 Å². The molecule has 0 spiro atoms. The zero-order valence-electron chi connectivity index (χ0n) is 13.8. The lowest BCUT2D eigenvalue weighted by Gasteiger charge is -2.33. The summed E-state index contributed by atoms with van der Waals surface area (Å²) in [6, 6.07) is 13.8. The minimum Gasteiger partial charge on any atom is -0.354 e. The molecule has 5 nitrogen and oxygen atoms in total. The largest absolute Gasteiger partial charge is 0.354 e. The number of rotatable bonds is 5. The van der Waals surface area contributed by atoms with Gasteiger partial charge in [-0.1, -0.05) is 18.2 Å². The number of benzene rings is 1. The molecule has 126 valence electrons. The lowest BCUT2D eigenvalue weighted by molar-refractivity contribution is -0.113. The van der Waals surface area contributed by atoms with Gasteiger partial charge in [-0.2, -0.15) is 0 Å². The molecule has 24 heavy (non-hydrogen) atoms. The third-order valence-corrected chi connectivity index (χ3v) is 4.98. The van der Waals surface area contributed by atoms with Crippen LogP contribution in [-0.2, 0) is 4.79 Å². The highest BCUT2D eigenvalue weighted by Crippen LogP contribution is 2.18. The smallest absolute Gasteiger partial charge is 0.234 e. The minimum absolute atomic E-state index is 0.0157. The van der Waals surface area contributed by atoms with Crippen LogP contribution < -0.4 is 10.2 Å². The van der Waals surface area contributed by atoms with Crippen LogP contribution in [0.15, 0.2) is 53.6 Å². The van der Waals surface area contributed by atoms with Crippen LogP contribution in [0.1, 0.15) is 0 Å². The summed E-state index contributed by atoms with van der Waals surface area (Å²) in [6.45, 7) is 4.08. The summed E-state index contributed by atoms with van der Waals surface area (Å²) in [5, 5.41) is 2.90. The molecule has 1 aliphatic heterocycles. The quantitative estimate of drug-likeness (QED) is 0.847. The van der Waals surface area contributed by atoms with Crippen LogP contribution in [0.4, 0.5) is 11.5 Å². The number of hydrogen-bond donors (Lipinski definition) is 1. The van der Waals surface area contributed by atoms with E-state index in [-0.39, 0.29) is 5.91 Å². The van der Waals surface area contributed by atoms with Gasteiger partial charge in [-0.05, 0) is 31.3 Å². The number of carbonyl (C=O) groups is 1. The first-order chi connectivity index (χ1) is 11.7. The molecule has 2 aromatic rings. The average Bonchev–Trinajstić information content (AvgIpc) is 2.62. The van der Waals surface area contributed by atoms with Crippen LogP contribution in [0.25, 0.3) is 0 Å². The van der Waals surface area contributed by atoms with Gasteiger partial charge in [-0.25, -0.2) is 4.98 Å². The fourth-order valence-electron chi connectivity index (χ4n) is 2.55. The number of pyridine rings is 1. The molecule has 1 aliphatic rings. The highest BCUT2D eigenvalue weighted by molar-refractivity contribution is 8.00. The maximum atomic E-state index is 12.0. The maximum Gasteiger partial charge on any atom is 0.234 e. The highest BCUT2D eigenvalue weighted by Gasteiger charge is 2.15. The van der Waals surface area contributed by atoms with E-state index in [9.17, 15) is 4.79 Å². The summed E-state index contributed by atoms with van der Waals surface area (Å²) in [6.07, 6.45) is 1.73. The molecule has 6 heteroatoms. The van der Waals surface area contributed by atoms with Gasteiger partial charge in [0.2, 0.25) is 5.91 Å². The van der Waals surface area contributed by atoms with E-state index in [1.165, 1.54) is 11.8 Å². The minimum atomic E-state index is -0.0157. The van der Waals surface area contributed by atoms with E-state index in [2.05, 4.69) is 27.1 Å². The summed E-state index contributed by atoms with van der Waals surface area (Å²) < 4.78 is 0. The summed E-state index contributed by atoms with van der Waals surface area (Å²) in [5.74, 6) is 1.35. The van der Waals surface area contributed by atoms with Crippen molar-refractivity contribution in [1.29, 1.82) is 0 Å². The molecule has 0 atom stereocenters. The van der Waals surface area contributed by atoms with E-state index in [0.29, 0.717) is 5.75 Å². The van der Waals surface area contributed by atoms with Crippen molar-refractivity contribution >= 4 is 29.2 Å². The summed E-state index contributed by atoms with van der Waals surface area (Å²) in [5.41, 5.74) is 0.742. The second kappa shape index (κ2) is 8.17. The van der Waals surface area contributed by atoms with Crippen molar-refractivity contribution in [2.24, 2.45) is 0 Å². The number of hydrogen-bond acceptors (Lipinski definition) is 5. The van der Waals surface area contributed by atoms with Crippen molar-refractivity contribution < 1.29 is 4.79 Å². The van der Waals surface area contributed by atoms with Crippen molar-refractivity contribution in [1.82, 2.24) is 9.88 Å². The molecule has 1 amide bonds. The van der Waals surface area contributed by atoms with Crippen molar-refractivity contribution in [3.05, 3.63) is 48.7 Å². The summed E-state index contributed by atoms with van der Waals surface area (Å²) in [4.78, 5) is 22.2. The van der Waals surface area contributed by atoms with Gasteiger partial charge < -0.3 is 15.1 Å². The number of carbonyl (C=O) groups excluding carboxylic acids is 1. The number of amides is 1. The Hall–Kier alpha value is -2.05. The van der Waals surface area contributed by atoms with Crippen molar-refractivity contribution in [2.45, 2.75) is 4.90 Å². The van der Waals surface area contributed by atoms with Gasteiger partial charge in [0.1, 0.15) is 5.82 Å². The molecule has 0 bridgehead atoms. The maximum absolute atomic E-state index is 12.0. The molecule has 1 aromatic heterocycles. The number of nitrogens with one attached hydrogen (secondary N) is 1. The Morgan fingerprint density at radius 1 is 1.12 bits per heavy atom. The second-order valence-corrected chi connectivity index (χ2v) is 6.89. The Kier molecular flexibility index (Phi) is 5.72. The predicted molar refractivity (Wildman–Crippen MR) is 99.7 cm³/mol. The molecule has 0 aliphatic carbocycles. The number of anilines is 2. The van der Waals surface area contributed by atoms with Gasteiger partial charge in [0.15, 0.2) is 0 Å². The molecule has 0 unspecified atom stereocenters. The topological polar surface area (TPSA) is 48.5 Å². The van der Waals surface area contributed by atoms with Crippen molar-refractivity contribution in [3.8, 4) is 0 Å². The molecule has 0 radical (unpaired) electrons. The Labute approximate surface area is 147 Å². The van der Waals surface area contributed by atoms with Gasteiger partial charge in [0.25, 0.3) is 0 Å². The van der Waals surface area contributed by atoms with Crippen LogP contribution in [-0.4, -0.2) is 54.8 Å². The van der Waals surface area contributed by atoms with Crippen LogP contribution in [0.3, 0.4) is 0 Å². The highest BCUT2D eigenvalue weighted by atomic mass is 32.2. The zero-order chi connectivity index (χ0) is 16.8. The molecular formula is C18H22N4OS. The van der Waals surface area contributed by atoms with Gasteiger partial charge in [0.05, 0.1) is 17.6 Å². The van der Waals surface area contributed by atoms with Gasteiger partial charge in [-0.3, -0.25) is 4.79 Å². The normalized spacial score (nSPS) is 15.3. The summed E-state index contributed by atoms with van der Waals surface area (Å²) in [7, 11) is 2.14. The van der Waals surface area contributed by atoms with E-state index in [1.807, 2.05) is 42.5 Å². The molecule has 3 rings (SSSR count). The summed E-state index contributed by atoms with van der Waals surface area (Å²) >= 11 is 1.53. The molecule has 0 saturated carbocycles. The Balaban J connectivity index is 1.49. The van der Waals surface area contributed by atoms with Gasteiger partial charge in [-0.15, -0.1) is 11.8 Å². The third kappa shape index (κ3) is 4.72. The van der Waals surface area contributed by atoms with E-state index in [0.717, 1.165) is 42.6 Å². The average molecular weight is 342 g/mol. The number of thioether (sulfide) groups is 1. The third-order valence-electron chi connectivity index (χ3n) is 3.97. The Bertz CT molecular complexity index is 654. The number of likely N-dealkylation sites (N-methyl/N-ethyl adjacent to an activating group) is 1. The van der Waals surface area contributed by atoms with Crippen LogP contribution in [0, 0.1) is 0 Å². The van der Waals surface area contributed by atoms with E-state index < -0.39 is 0 Å². The first-order valence-electron chi connectivity index (χ1n) is 8.08. The van der Waals surface area contributed by atoms with Crippen LogP contribution in [0.5, 0.6) is 0 Å². The fourth-order valence-corrected chi connectivity index (χ4v) is 3.26. The van der Waals surface area contributed by atoms with Gasteiger partial charge in [0, 0.05) is 31.1 Å². The van der Waals surface area contributed by atoms with E-state index in [4.69, 9.17) is 0 Å². The Morgan fingerprint density at radius 2 is 1.88 bits per heavy atom. The molecule has 1 saturated heterocycles. The standard InChI is InChI=1S/C18H22N4OS/c1-21-9-11-22(12-10-21)17-8-7-15(13-19-17)20-18(23)14-24-16-5-3-2-4-6-16/h2-8,13H,9-12,14H2,1H3,(H,20,23). The molecule has 1 fully saturated rings. The monoisotopic (exact) mass is 342 g/mol. The van der Waals surface area contributed by atoms with Crippen LogP contribution in [0.2, 0.25) is 0 Å². The second-order valence-electron chi connectivity index (χ2n) is 5.85. The number of nitrogens with zero attached hydrogens (tertiary/aromatic N) is 3. The Morgan fingerprint density at radius 3 is 2.54 bits per heavy atom. The van der Waals surface area contributed by atoms with Crippen molar-refractivity contribution in [3.63, 3.8) is 0 Å². The molecular weight excluding hydrogens is 320 g/mol. The first kappa shape index (κ1) is 16.8. The lowest BCUT2D eigenvalue weighted by Crippen LogP contribution is -2.44. The molecule has 1 aromatic carbocycles. The van der Waals surface area contributed by atoms with E-state index in [1.54, 1.807) is 6.20 Å². The van der Waals surface area contributed by atoms with Crippen molar-refractivity contribution in [2.75, 3.05) is 49.2 Å². The number of aromatic nitrogens is 1. The van der Waals surface area contributed by atoms with E-state index >= 15 is 0 Å².